The topological polar surface area (TPSA) is 105 Å². The summed E-state index contributed by atoms with van der Waals surface area (Å²) >= 11 is 0. The molecule has 0 spiro atoms. The quantitative estimate of drug-likeness (QED) is 0.906. The highest BCUT2D eigenvalue weighted by molar-refractivity contribution is 5.92. The highest BCUT2D eigenvalue weighted by Crippen LogP contribution is 2.04. The molecule has 0 saturated heterocycles. The summed E-state index contributed by atoms with van der Waals surface area (Å²) in [7, 11) is 0. The number of carbonyl (C=O) groups excluding carboxylic acids is 1. The zero-order valence-corrected chi connectivity index (χ0v) is 14.0. The van der Waals surface area contributed by atoms with Crippen molar-refractivity contribution in [2.75, 3.05) is 5.73 Å². The summed E-state index contributed by atoms with van der Waals surface area (Å²) in [6.07, 6.45) is 1.24. The third-order valence-electron chi connectivity index (χ3n) is 2.46. The lowest BCUT2D eigenvalue weighted by Crippen LogP contribution is -2.24. The molecule has 0 aliphatic carbocycles. The largest absolute Gasteiger partial charge is 0.384 e. The molecule has 1 amide bonds. The van der Waals surface area contributed by atoms with Gasteiger partial charge in [-0.15, -0.1) is 0 Å². The molecule has 0 saturated carbocycles. The normalized spacial score (nSPS) is 8.48. The lowest BCUT2D eigenvalue weighted by molar-refractivity contribution is 0.0946. The summed E-state index contributed by atoms with van der Waals surface area (Å²) < 4.78 is 0. The van der Waals surface area contributed by atoms with Crippen LogP contribution in [-0.2, 0) is 6.54 Å². The van der Waals surface area contributed by atoms with E-state index >= 15 is 0 Å². The van der Waals surface area contributed by atoms with Crippen molar-refractivity contribution in [2.45, 2.75) is 34.2 Å². The minimum atomic E-state index is -0.321. The number of nitriles is 1. The Morgan fingerprint density at radius 1 is 1.17 bits per heavy atom. The van der Waals surface area contributed by atoms with Gasteiger partial charge in [0.1, 0.15) is 17.8 Å². The van der Waals surface area contributed by atoms with Gasteiger partial charge in [-0.25, -0.2) is 9.97 Å². The molecule has 1 aromatic heterocycles. The van der Waals surface area contributed by atoms with Crippen molar-refractivity contribution in [1.29, 1.82) is 5.26 Å². The van der Waals surface area contributed by atoms with Crippen molar-refractivity contribution < 1.29 is 4.79 Å². The van der Waals surface area contributed by atoms with Gasteiger partial charge in [0, 0.05) is 12.6 Å². The predicted molar refractivity (Wildman–Crippen MR) is 91.5 cm³/mol. The third kappa shape index (κ3) is 7.05. The molecule has 0 aliphatic rings. The van der Waals surface area contributed by atoms with Crippen LogP contribution in [0.1, 0.15) is 49.3 Å². The van der Waals surface area contributed by atoms with Crippen molar-refractivity contribution >= 4 is 11.7 Å². The molecule has 0 aliphatic heterocycles. The number of amides is 1. The second-order valence-corrected chi connectivity index (χ2v) is 3.82. The lowest BCUT2D eigenvalue weighted by atomic mass is 10.1. The van der Waals surface area contributed by atoms with E-state index in [1.54, 1.807) is 24.3 Å². The number of anilines is 1. The number of nitrogens with two attached hydrogens (primary N) is 1. The van der Waals surface area contributed by atoms with E-state index in [0.29, 0.717) is 12.1 Å². The van der Waals surface area contributed by atoms with E-state index in [-0.39, 0.29) is 17.4 Å². The maximum atomic E-state index is 11.8. The first-order valence-electron chi connectivity index (χ1n) is 7.54. The Hall–Kier alpha value is -2.94. The molecule has 0 atom stereocenters. The van der Waals surface area contributed by atoms with Crippen molar-refractivity contribution in [3.05, 3.63) is 53.5 Å². The number of benzene rings is 1. The van der Waals surface area contributed by atoms with E-state index < -0.39 is 0 Å². The fourth-order valence-electron chi connectivity index (χ4n) is 1.47. The number of hydrogen-bond acceptors (Lipinski definition) is 5. The molecule has 122 valence electrons. The van der Waals surface area contributed by atoms with E-state index in [2.05, 4.69) is 15.3 Å². The molecule has 2 aromatic rings. The Balaban J connectivity index is 0.00000112. The van der Waals surface area contributed by atoms with Gasteiger partial charge in [-0.1, -0.05) is 39.8 Å². The van der Waals surface area contributed by atoms with Crippen LogP contribution in [0.15, 0.2) is 36.7 Å². The molecule has 2 rings (SSSR count). The molecule has 3 N–H and O–H groups in total. The molecule has 0 fully saturated rings. The summed E-state index contributed by atoms with van der Waals surface area (Å²) in [4.78, 5) is 19.3. The first-order chi connectivity index (χ1) is 11.2. The third-order valence-corrected chi connectivity index (χ3v) is 2.46. The van der Waals surface area contributed by atoms with Gasteiger partial charge < -0.3 is 11.1 Å². The van der Waals surface area contributed by atoms with E-state index in [0.717, 1.165) is 5.56 Å². The first-order valence-corrected chi connectivity index (χ1v) is 7.54. The van der Waals surface area contributed by atoms with Crippen molar-refractivity contribution in [3.63, 3.8) is 0 Å². The number of carbonyl (C=O) groups is 1. The van der Waals surface area contributed by atoms with Gasteiger partial charge in [0.05, 0.1) is 11.6 Å². The van der Waals surface area contributed by atoms with Crippen LogP contribution in [0.4, 0.5) is 5.82 Å². The monoisotopic (exact) mass is 313 g/mol. The standard InChI is InChI=1S/C13H11N5O.2C2H6/c14-6-9-1-3-10(4-2-9)7-16-13(19)11-5-12(15)18-8-17-11;2*1-2/h1-5,8H,7H2,(H,16,19)(H2,15,17,18);2*1-2H3. The van der Waals surface area contributed by atoms with Gasteiger partial charge in [-0.2, -0.15) is 5.26 Å². The second kappa shape index (κ2) is 11.7. The van der Waals surface area contributed by atoms with Crippen LogP contribution in [0, 0.1) is 11.3 Å². The Kier molecular flexibility index (Phi) is 10.2. The number of hydrogen-bond donors (Lipinski definition) is 2. The molecule has 23 heavy (non-hydrogen) atoms. The number of rotatable bonds is 3. The van der Waals surface area contributed by atoms with Crippen molar-refractivity contribution in [3.8, 4) is 6.07 Å². The molecular weight excluding hydrogens is 290 g/mol. The molecule has 1 aromatic carbocycles. The van der Waals surface area contributed by atoms with Gasteiger partial charge >= 0.3 is 0 Å². The minimum Gasteiger partial charge on any atom is -0.384 e. The van der Waals surface area contributed by atoms with Crippen LogP contribution < -0.4 is 11.1 Å². The molecular formula is C17H23N5O. The summed E-state index contributed by atoms with van der Waals surface area (Å²) in [6.45, 7) is 8.36. The zero-order valence-electron chi connectivity index (χ0n) is 14.0. The maximum Gasteiger partial charge on any atom is 0.270 e. The number of nitrogens with one attached hydrogen (secondary N) is 1. The van der Waals surface area contributed by atoms with Crippen LogP contribution in [-0.4, -0.2) is 15.9 Å². The van der Waals surface area contributed by atoms with Gasteiger partial charge in [-0.3, -0.25) is 4.79 Å². The molecule has 6 nitrogen and oxygen atoms in total. The van der Waals surface area contributed by atoms with E-state index in [1.165, 1.54) is 12.4 Å². The van der Waals surface area contributed by atoms with Gasteiger partial charge in [0.15, 0.2) is 0 Å². The average molecular weight is 313 g/mol. The fraction of sp³-hybridized carbons (Fsp3) is 0.294. The number of aromatic nitrogens is 2. The highest BCUT2D eigenvalue weighted by atomic mass is 16.1. The predicted octanol–water partition coefficient (Wildman–Crippen LogP) is 2.91. The van der Waals surface area contributed by atoms with Crippen molar-refractivity contribution in [1.82, 2.24) is 15.3 Å². The Morgan fingerprint density at radius 2 is 1.78 bits per heavy atom. The van der Waals surface area contributed by atoms with Gasteiger partial charge in [0.2, 0.25) is 0 Å². The van der Waals surface area contributed by atoms with Crippen molar-refractivity contribution in [2.24, 2.45) is 0 Å². The van der Waals surface area contributed by atoms with Crippen LogP contribution in [0.25, 0.3) is 0 Å². The van der Waals surface area contributed by atoms with E-state index in [1.807, 2.05) is 33.8 Å². The highest BCUT2D eigenvalue weighted by Gasteiger charge is 2.07. The van der Waals surface area contributed by atoms with E-state index in [9.17, 15) is 4.79 Å². The molecule has 0 bridgehead atoms. The summed E-state index contributed by atoms with van der Waals surface area (Å²) in [5, 5.41) is 11.4. The average Bonchev–Trinajstić information content (AvgIpc) is 2.63. The first kappa shape index (κ1) is 20.1. The van der Waals surface area contributed by atoms with Gasteiger partial charge in [-0.05, 0) is 17.7 Å². The summed E-state index contributed by atoms with van der Waals surface area (Å²) in [5.74, 6) is -0.0722. The minimum absolute atomic E-state index is 0.223. The number of nitrogens with zero attached hydrogens (tertiary/aromatic N) is 3. The SMILES string of the molecule is CC.CC.N#Cc1ccc(CNC(=O)c2cc(N)ncn2)cc1. The lowest BCUT2D eigenvalue weighted by Gasteiger charge is -2.05. The zero-order chi connectivity index (χ0) is 17.7. The molecule has 6 heteroatoms. The second-order valence-electron chi connectivity index (χ2n) is 3.82. The number of nitrogen functional groups attached to an aromatic ring is 1. The van der Waals surface area contributed by atoms with Gasteiger partial charge in [0.25, 0.3) is 5.91 Å². The molecule has 1 heterocycles. The molecule has 0 radical (unpaired) electrons. The Labute approximate surface area is 137 Å². The summed E-state index contributed by atoms with van der Waals surface area (Å²) in [6, 6.07) is 10.4. The van der Waals surface area contributed by atoms with Crippen LogP contribution in [0.2, 0.25) is 0 Å². The smallest absolute Gasteiger partial charge is 0.270 e. The van der Waals surface area contributed by atoms with E-state index in [4.69, 9.17) is 11.0 Å². The summed E-state index contributed by atoms with van der Waals surface area (Å²) in [5.41, 5.74) is 7.18. The molecule has 0 unspecified atom stereocenters. The van der Waals surface area contributed by atoms with Crippen LogP contribution in [0.5, 0.6) is 0 Å². The Bertz CT molecular complexity index is 632. The maximum absolute atomic E-state index is 11.8. The Morgan fingerprint density at radius 3 is 2.30 bits per heavy atom. The van der Waals surface area contributed by atoms with Crippen LogP contribution >= 0.6 is 0 Å². The fourth-order valence-corrected chi connectivity index (χ4v) is 1.47. The van der Waals surface area contributed by atoms with Crippen LogP contribution in [0.3, 0.4) is 0 Å².